The molecule has 0 spiro atoms. The largest absolute Gasteiger partial charge is 0.316 e. The Morgan fingerprint density at radius 1 is 0.447 bits per heavy atom. The molecule has 0 aliphatic heterocycles. The quantitative estimate of drug-likeness (QED) is 0.201. The van der Waals surface area contributed by atoms with Crippen molar-refractivity contribution in [3.05, 3.63) is 164 Å². The van der Waals surface area contributed by atoms with Gasteiger partial charge in [0.05, 0.1) is 33.3 Å². The molecule has 5 heteroatoms. The normalized spacial score (nSPS) is 11.8. The summed E-state index contributed by atoms with van der Waals surface area (Å²) < 4.78 is 7.01. The summed E-state index contributed by atoms with van der Waals surface area (Å²) in [5.41, 5.74) is 9.96. The van der Waals surface area contributed by atoms with E-state index in [-0.39, 0.29) is 0 Å². The molecule has 10 rings (SSSR count). The highest BCUT2D eigenvalue weighted by Crippen LogP contribution is 2.42. The second-order valence-corrected chi connectivity index (χ2v) is 11.9. The first-order valence-electron chi connectivity index (χ1n) is 15.8. The molecule has 10 aromatic rings. The lowest BCUT2D eigenvalue weighted by atomic mass is 10.1. The lowest BCUT2D eigenvalue weighted by Gasteiger charge is -2.11. The van der Waals surface area contributed by atoms with Gasteiger partial charge in [0.15, 0.2) is 0 Å². The molecule has 0 amide bonds. The van der Waals surface area contributed by atoms with Gasteiger partial charge in [-0.1, -0.05) is 66.7 Å². The predicted molar refractivity (Wildman–Crippen MR) is 193 cm³/mol. The molecule has 0 saturated carbocycles. The lowest BCUT2D eigenvalue weighted by Crippen LogP contribution is -1.99. The van der Waals surface area contributed by atoms with Crippen molar-refractivity contribution in [2.45, 2.75) is 0 Å². The zero-order valence-corrected chi connectivity index (χ0v) is 25.3. The number of pyridine rings is 2. The van der Waals surface area contributed by atoms with Crippen molar-refractivity contribution in [3.8, 4) is 28.5 Å². The Hall–Kier alpha value is -6.46. The van der Waals surface area contributed by atoms with Crippen molar-refractivity contribution < 1.29 is 0 Å². The fourth-order valence-electron chi connectivity index (χ4n) is 7.31. The fourth-order valence-corrected chi connectivity index (χ4v) is 7.31. The minimum Gasteiger partial charge on any atom is -0.316 e. The third-order valence-electron chi connectivity index (χ3n) is 9.36. The number of hydrogen-bond acceptors (Lipinski definition) is 2. The SMILES string of the molecule is c1ccc(-n2ccc3c2ccc2c4cc5c(cc4n(-c4cccc(-c6cccnc6)n4)c23)c2ccccc2n5-c2ccccc2)cc1. The van der Waals surface area contributed by atoms with Crippen molar-refractivity contribution in [2.75, 3.05) is 0 Å². The van der Waals surface area contributed by atoms with Gasteiger partial charge < -0.3 is 9.13 Å². The molecule has 0 atom stereocenters. The molecule has 5 aromatic carbocycles. The summed E-state index contributed by atoms with van der Waals surface area (Å²) in [4.78, 5) is 9.63. The van der Waals surface area contributed by atoms with Crippen LogP contribution in [-0.4, -0.2) is 23.7 Å². The highest BCUT2D eigenvalue weighted by atomic mass is 15.1. The van der Waals surface area contributed by atoms with Crippen molar-refractivity contribution >= 4 is 54.5 Å². The Morgan fingerprint density at radius 2 is 1.19 bits per heavy atom. The topological polar surface area (TPSA) is 40.6 Å². The van der Waals surface area contributed by atoms with Gasteiger partial charge in [-0.3, -0.25) is 9.55 Å². The maximum absolute atomic E-state index is 5.26. The van der Waals surface area contributed by atoms with Crippen molar-refractivity contribution in [2.24, 2.45) is 0 Å². The fraction of sp³-hybridized carbons (Fsp3) is 0. The zero-order valence-electron chi connectivity index (χ0n) is 25.3. The van der Waals surface area contributed by atoms with Gasteiger partial charge in [0.25, 0.3) is 0 Å². The average Bonchev–Trinajstić information content (AvgIpc) is 3.82. The maximum atomic E-state index is 5.26. The Labute approximate surface area is 270 Å². The first-order valence-corrected chi connectivity index (χ1v) is 15.8. The minimum atomic E-state index is 0.873. The Balaban J connectivity index is 1.35. The molecule has 0 aliphatic rings. The van der Waals surface area contributed by atoms with Gasteiger partial charge in [-0.05, 0) is 78.9 Å². The van der Waals surface area contributed by atoms with E-state index in [0.717, 1.165) is 45.0 Å². The van der Waals surface area contributed by atoms with Gasteiger partial charge in [-0.25, -0.2) is 4.98 Å². The summed E-state index contributed by atoms with van der Waals surface area (Å²) in [5, 5.41) is 6.00. The summed E-state index contributed by atoms with van der Waals surface area (Å²) in [5.74, 6) is 0.873. The molecule has 0 N–H and O–H groups in total. The first-order chi connectivity index (χ1) is 23.3. The molecule has 220 valence electrons. The van der Waals surface area contributed by atoms with Crippen LogP contribution in [0.1, 0.15) is 0 Å². The summed E-state index contributed by atoms with van der Waals surface area (Å²) in [7, 11) is 0. The van der Waals surface area contributed by atoms with E-state index in [1.807, 2.05) is 12.3 Å². The highest BCUT2D eigenvalue weighted by molar-refractivity contribution is 6.23. The van der Waals surface area contributed by atoms with E-state index in [1.54, 1.807) is 6.20 Å². The number of hydrogen-bond donors (Lipinski definition) is 0. The molecule has 47 heavy (non-hydrogen) atoms. The molecule has 0 saturated heterocycles. The summed E-state index contributed by atoms with van der Waals surface area (Å²) in [6, 6.07) is 51.7. The maximum Gasteiger partial charge on any atom is 0.138 e. The van der Waals surface area contributed by atoms with Crippen LogP contribution in [-0.2, 0) is 0 Å². The van der Waals surface area contributed by atoms with Crippen molar-refractivity contribution in [3.63, 3.8) is 0 Å². The first kappa shape index (κ1) is 25.8. The van der Waals surface area contributed by atoms with E-state index in [1.165, 1.54) is 38.0 Å². The molecule has 0 aliphatic carbocycles. The smallest absolute Gasteiger partial charge is 0.138 e. The van der Waals surface area contributed by atoms with E-state index in [2.05, 4.69) is 164 Å². The Bertz CT molecular complexity index is 2770. The molecule has 0 bridgehead atoms. The average molecular weight is 602 g/mol. The minimum absolute atomic E-state index is 0.873. The number of benzene rings is 5. The lowest BCUT2D eigenvalue weighted by molar-refractivity contribution is 1.09. The highest BCUT2D eigenvalue weighted by Gasteiger charge is 2.21. The van der Waals surface area contributed by atoms with Crippen molar-refractivity contribution in [1.29, 1.82) is 0 Å². The van der Waals surface area contributed by atoms with E-state index in [9.17, 15) is 0 Å². The molecule has 5 aromatic heterocycles. The van der Waals surface area contributed by atoms with E-state index >= 15 is 0 Å². The monoisotopic (exact) mass is 601 g/mol. The molecule has 0 fully saturated rings. The molecule has 5 nitrogen and oxygen atoms in total. The van der Waals surface area contributed by atoms with Gasteiger partial charge in [0, 0.05) is 62.5 Å². The predicted octanol–water partition coefficient (Wildman–Crippen LogP) is 10.3. The van der Waals surface area contributed by atoms with Crippen LogP contribution in [0.4, 0.5) is 0 Å². The number of nitrogens with zero attached hydrogens (tertiary/aromatic N) is 5. The van der Waals surface area contributed by atoms with E-state index in [0.29, 0.717) is 0 Å². The van der Waals surface area contributed by atoms with Crippen LogP contribution >= 0.6 is 0 Å². The molecule has 0 unspecified atom stereocenters. The van der Waals surface area contributed by atoms with Crippen molar-refractivity contribution in [1.82, 2.24) is 23.7 Å². The van der Waals surface area contributed by atoms with Crippen LogP contribution < -0.4 is 0 Å². The van der Waals surface area contributed by atoms with Crippen LogP contribution in [0.5, 0.6) is 0 Å². The third kappa shape index (κ3) is 3.83. The van der Waals surface area contributed by atoms with Gasteiger partial charge >= 0.3 is 0 Å². The van der Waals surface area contributed by atoms with Crippen LogP contribution in [0, 0.1) is 0 Å². The van der Waals surface area contributed by atoms with Gasteiger partial charge in [-0.2, -0.15) is 0 Å². The summed E-state index contributed by atoms with van der Waals surface area (Å²) >= 11 is 0. The number of rotatable bonds is 4. The second kappa shape index (κ2) is 10.0. The van der Waals surface area contributed by atoms with Crippen LogP contribution in [0.2, 0.25) is 0 Å². The zero-order chi connectivity index (χ0) is 30.9. The number of para-hydroxylation sites is 3. The van der Waals surface area contributed by atoms with Crippen LogP contribution in [0.25, 0.3) is 83.0 Å². The van der Waals surface area contributed by atoms with Crippen LogP contribution in [0.15, 0.2) is 164 Å². The van der Waals surface area contributed by atoms with Crippen LogP contribution in [0.3, 0.4) is 0 Å². The summed E-state index contributed by atoms with van der Waals surface area (Å²) in [6.07, 6.45) is 5.85. The van der Waals surface area contributed by atoms with Gasteiger partial charge in [0.1, 0.15) is 5.82 Å². The van der Waals surface area contributed by atoms with E-state index in [4.69, 9.17) is 4.98 Å². The molecule has 5 heterocycles. The molecular weight excluding hydrogens is 574 g/mol. The summed E-state index contributed by atoms with van der Waals surface area (Å²) in [6.45, 7) is 0. The molecule has 0 radical (unpaired) electrons. The third-order valence-corrected chi connectivity index (χ3v) is 9.36. The second-order valence-electron chi connectivity index (χ2n) is 11.9. The molecular formula is C42H27N5. The van der Waals surface area contributed by atoms with E-state index < -0.39 is 0 Å². The number of aromatic nitrogens is 5. The number of fused-ring (bicyclic) bond motifs is 8. The van der Waals surface area contributed by atoms with Gasteiger partial charge in [-0.15, -0.1) is 0 Å². The Kier molecular flexibility index (Phi) is 5.51. The van der Waals surface area contributed by atoms with Gasteiger partial charge in [0.2, 0.25) is 0 Å². The standard InChI is InChI=1S/C42H27N5/c1-3-12-29(13-4-1)45-24-22-33-37(45)21-20-32-35-26-39-34(31-16-7-8-18-38(31)46(39)30-14-5-2-6-15-30)25-40(35)47(42(32)33)41-19-9-17-36(44-41)28-11-10-23-43-27-28/h1-27H. The Morgan fingerprint density at radius 3 is 2.00 bits per heavy atom.